The second kappa shape index (κ2) is 4.08. The summed E-state index contributed by atoms with van der Waals surface area (Å²) < 4.78 is 0. The average Bonchev–Trinajstić information content (AvgIpc) is 2.89. The van der Waals surface area contributed by atoms with Crippen LogP contribution in [0.3, 0.4) is 0 Å². The van der Waals surface area contributed by atoms with E-state index >= 15 is 0 Å². The van der Waals surface area contributed by atoms with Gasteiger partial charge >= 0.3 is 0 Å². The van der Waals surface area contributed by atoms with E-state index in [-0.39, 0.29) is 5.91 Å². The van der Waals surface area contributed by atoms with Gasteiger partial charge in [-0.25, -0.2) is 0 Å². The predicted octanol–water partition coefficient (Wildman–Crippen LogP) is 2.23. The Morgan fingerprint density at radius 1 is 1.50 bits per heavy atom. The third kappa shape index (κ3) is 1.81. The van der Waals surface area contributed by atoms with E-state index in [0.29, 0.717) is 18.4 Å². The van der Waals surface area contributed by atoms with E-state index < -0.39 is 5.41 Å². The molecule has 3 nitrogen and oxygen atoms in total. The van der Waals surface area contributed by atoms with E-state index in [1.54, 1.807) is 6.92 Å². The molecule has 88 valence electrons. The molecular weight excluding hydrogens is 200 g/mol. The average molecular weight is 220 g/mol. The van der Waals surface area contributed by atoms with Crippen molar-refractivity contribution in [3.63, 3.8) is 0 Å². The first-order valence-corrected chi connectivity index (χ1v) is 6.31. The Balaban J connectivity index is 1.96. The number of rotatable bonds is 3. The second-order valence-electron chi connectivity index (χ2n) is 5.55. The fourth-order valence-electron chi connectivity index (χ4n) is 3.04. The monoisotopic (exact) mass is 220 g/mol. The van der Waals surface area contributed by atoms with Gasteiger partial charge in [-0.2, -0.15) is 5.26 Å². The Kier molecular flexibility index (Phi) is 2.92. The van der Waals surface area contributed by atoms with Gasteiger partial charge in [-0.15, -0.1) is 0 Å². The number of hydrogen-bond donors (Lipinski definition) is 1. The highest BCUT2D eigenvalue weighted by Gasteiger charge is 2.42. The fourth-order valence-corrected chi connectivity index (χ4v) is 3.04. The van der Waals surface area contributed by atoms with Crippen LogP contribution in [0.4, 0.5) is 0 Å². The lowest BCUT2D eigenvalue weighted by molar-refractivity contribution is -0.128. The summed E-state index contributed by atoms with van der Waals surface area (Å²) in [5.74, 6) is 1.43. The molecule has 0 aromatic rings. The SMILES string of the molecule is CCC(C)(C#N)C(=O)NC1CC2CCC1C2. The summed E-state index contributed by atoms with van der Waals surface area (Å²) in [7, 11) is 0. The van der Waals surface area contributed by atoms with Crippen molar-refractivity contribution in [3.8, 4) is 6.07 Å². The van der Waals surface area contributed by atoms with Crippen LogP contribution in [0.25, 0.3) is 0 Å². The van der Waals surface area contributed by atoms with Crippen LogP contribution >= 0.6 is 0 Å². The Hall–Kier alpha value is -1.04. The summed E-state index contributed by atoms with van der Waals surface area (Å²) in [4.78, 5) is 12.0. The van der Waals surface area contributed by atoms with Crippen molar-refractivity contribution in [1.29, 1.82) is 5.26 Å². The van der Waals surface area contributed by atoms with Crippen molar-refractivity contribution in [3.05, 3.63) is 0 Å². The maximum absolute atomic E-state index is 12.0. The maximum atomic E-state index is 12.0. The van der Waals surface area contributed by atoms with Crippen molar-refractivity contribution in [2.24, 2.45) is 17.3 Å². The molecule has 0 spiro atoms. The normalized spacial score (nSPS) is 35.4. The lowest BCUT2D eigenvalue weighted by Gasteiger charge is -2.27. The summed E-state index contributed by atoms with van der Waals surface area (Å²) in [6, 6.07) is 2.47. The number of nitrogens with one attached hydrogen (secondary N) is 1. The molecule has 1 N–H and O–H groups in total. The minimum absolute atomic E-state index is 0.0740. The van der Waals surface area contributed by atoms with Crippen molar-refractivity contribution < 1.29 is 4.79 Å². The van der Waals surface area contributed by atoms with E-state index in [2.05, 4.69) is 11.4 Å². The third-order valence-electron chi connectivity index (χ3n) is 4.51. The summed E-state index contributed by atoms with van der Waals surface area (Å²) in [6.45, 7) is 3.62. The molecule has 1 amide bonds. The van der Waals surface area contributed by atoms with Crippen LogP contribution in [0.1, 0.15) is 46.0 Å². The van der Waals surface area contributed by atoms with Crippen LogP contribution in [0.2, 0.25) is 0 Å². The Morgan fingerprint density at radius 2 is 2.25 bits per heavy atom. The molecule has 2 fully saturated rings. The summed E-state index contributed by atoms with van der Waals surface area (Å²) in [5.41, 5.74) is -0.845. The number of fused-ring (bicyclic) bond motifs is 2. The Labute approximate surface area is 97.2 Å². The Morgan fingerprint density at radius 3 is 2.69 bits per heavy atom. The lowest BCUT2D eigenvalue weighted by atomic mass is 9.87. The first-order valence-electron chi connectivity index (χ1n) is 6.31. The van der Waals surface area contributed by atoms with Gasteiger partial charge in [0.1, 0.15) is 5.41 Å². The van der Waals surface area contributed by atoms with Crippen LogP contribution < -0.4 is 5.32 Å². The van der Waals surface area contributed by atoms with Gasteiger partial charge < -0.3 is 5.32 Å². The summed E-state index contributed by atoms with van der Waals surface area (Å²) in [5, 5.41) is 12.1. The summed E-state index contributed by atoms with van der Waals surface area (Å²) >= 11 is 0. The van der Waals surface area contributed by atoms with Crippen LogP contribution in [0, 0.1) is 28.6 Å². The van der Waals surface area contributed by atoms with Gasteiger partial charge in [0.05, 0.1) is 6.07 Å². The highest BCUT2D eigenvalue weighted by molar-refractivity contribution is 5.85. The van der Waals surface area contributed by atoms with Crippen molar-refractivity contribution in [2.75, 3.05) is 0 Å². The van der Waals surface area contributed by atoms with E-state index in [4.69, 9.17) is 5.26 Å². The zero-order valence-corrected chi connectivity index (χ0v) is 10.1. The largest absolute Gasteiger partial charge is 0.352 e. The minimum Gasteiger partial charge on any atom is -0.352 e. The van der Waals surface area contributed by atoms with Gasteiger partial charge in [-0.3, -0.25) is 4.79 Å². The number of nitrogens with zero attached hydrogens (tertiary/aromatic N) is 1. The van der Waals surface area contributed by atoms with E-state index in [0.717, 1.165) is 12.3 Å². The van der Waals surface area contributed by atoms with Crippen LogP contribution in [0.5, 0.6) is 0 Å². The van der Waals surface area contributed by atoms with Gasteiger partial charge in [0.25, 0.3) is 0 Å². The topological polar surface area (TPSA) is 52.9 Å². The van der Waals surface area contributed by atoms with Gasteiger partial charge in [0.15, 0.2) is 0 Å². The number of carbonyl (C=O) groups is 1. The number of carbonyl (C=O) groups excluding carboxylic acids is 1. The molecule has 0 aromatic heterocycles. The molecule has 0 saturated heterocycles. The highest BCUT2D eigenvalue weighted by Crippen LogP contribution is 2.44. The third-order valence-corrected chi connectivity index (χ3v) is 4.51. The molecule has 0 heterocycles. The maximum Gasteiger partial charge on any atom is 0.240 e. The molecule has 2 aliphatic carbocycles. The first kappa shape index (κ1) is 11.4. The number of amides is 1. The quantitative estimate of drug-likeness (QED) is 0.793. The summed E-state index contributed by atoms with van der Waals surface area (Å²) in [6.07, 6.45) is 5.57. The van der Waals surface area contributed by atoms with Gasteiger partial charge in [0, 0.05) is 6.04 Å². The number of hydrogen-bond acceptors (Lipinski definition) is 2. The van der Waals surface area contributed by atoms with Gasteiger partial charge in [-0.05, 0) is 44.4 Å². The minimum atomic E-state index is -0.845. The highest BCUT2D eigenvalue weighted by atomic mass is 16.2. The molecule has 0 radical (unpaired) electrons. The smallest absolute Gasteiger partial charge is 0.240 e. The van der Waals surface area contributed by atoms with Crippen LogP contribution in [-0.2, 0) is 4.79 Å². The second-order valence-corrected chi connectivity index (χ2v) is 5.55. The first-order chi connectivity index (χ1) is 7.59. The molecule has 4 atom stereocenters. The van der Waals surface area contributed by atoms with E-state index in [1.807, 2.05) is 6.92 Å². The Bertz CT molecular complexity index is 333. The van der Waals surface area contributed by atoms with Crippen LogP contribution in [0.15, 0.2) is 0 Å². The zero-order chi connectivity index (χ0) is 11.8. The molecule has 0 aromatic carbocycles. The molecule has 0 aliphatic heterocycles. The molecule has 4 unspecified atom stereocenters. The lowest BCUT2D eigenvalue weighted by Crippen LogP contribution is -2.45. The predicted molar refractivity (Wildman–Crippen MR) is 61.4 cm³/mol. The molecule has 2 aliphatic rings. The van der Waals surface area contributed by atoms with Crippen LogP contribution in [-0.4, -0.2) is 11.9 Å². The van der Waals surface area contributed by atoms with Crippen molar-refractivity contribution >= 4 is 5.91 Å². The van der Waals surface area contributed by atoms with Crippen molar-refractivity contribution in [2.45, 2.75) is 52.0 Å². The molecular formula is C13H20N2O. The van der Waals surface area contributed by atoms with Crippen molar-refractivity contribution in [1.82, 2.24) is 5.32 Å². The van der Waals surface area contributed by atoms with E-state index in [1.165, 1.54) is 19.3 Å². The molecule has 16 heavy (non-hydrogen) atoms. The van der Waals surface area contributed by atoms with E-state index in [9.17, 15) is 4.79 Å². The molecule has 2 rings (SSSR count). The molecule has 2 bridgehead atoms. The van der Waals surface area contributed by atoms with Gasteiger partial charge in [0.2, 0.25) is 5.91 Å². The zero-order valence-electron chi connectivity index (χ0n) is 10.1. The standard InChI is InChI=1S/C13H20N2O/c1-3-13(2,8-14)12(16)15-11-7-9-4-5-10(11)6-9/h9-11H,3-7H2,1-2H3,(H,15,16). The van der Waals surface area contributed by atoms with Gasteiger partial charge in [-0.1, -0.05) is 13.3 Å². The number of nitriles is 1. The molecule has 2 saturated carbocycles. The molecule has 3 heteroatoms. The fraction of sp³-hybridized carbons (Fsp3) is 0.846.